The molecular weight excluding hydrogens is 550 g/mol. The molecule has 5 atom stereocenters. The fraction of sp³-hybridized carbons (Fsp3) is 0.767. The van der Waals surface area contributed by atoms with E-state index in [-0.39, 0.29) is 62.1 Å². The predicted molar refractivity (Wildman–Crippen MR) is 151 cm³/mol. The van der Waals surface area contributed by atoms with E-state index in [1.165, 1.54) is 11.0 Å². The van der Waals surface area contributed by atoms with E-state index < -0.39 is 72.4 Å². The number of ketones is 1. The molecule has 3 aliphatic rings. The van der Waals surface area contributed by atoms with Crippen LogP contribution in [0.25, 0.3) is 0 Å². The Balaban J connectivity index is 1.84. The second-order valence-corrected chi connectivity index (χ2v) is 12.9. The summed E-state index contributed by atoms with van der Waals surface area (Å²) in [4.78, 5) is 67.2. The number of likely N-dealkylation sites (tertiary alicyclic amines) is 1. The Labute approximate surface area is 246 Å². The number of alkyl halides is 2. The summed E-state index contributed by atoms with van der Waals surface area (Å²) in [5, 5.41) is 7.78. The van der Waals surface area contributed by atoms with Crippen LogP contribution in [-0.4, -0.2) is 78.2 Å². The fourth-order valence-electron chi connectivity index (χ4n) is 6.40. The van der Waals surface area contributed by atoms with E-state index in [0.717, 1.165) is 0 Å². The lowest BCUT2D eigenvalue weighted by molar-refractivity contribution is -0.145. The van der Waals surface area contributed by atoms with E-state index in [2.05, 4.69) is 22.5 Å². The zero-order valence-corrected chi connectivity index (χ0v) is 25.3. The smallest absolute Gasteiger partial charge is 0.407 e. The van der Waals surface area contributed by atoms with E-state index >= 15 is 0 Å². The molecule has 1 aliphatic heterocycles. The number of nitrogens with zero attached hydrogens (tertiary/aromatic N) is 1. The number of hydrogen-bond donors (Lipinski definition) is 3. The van der Waals surface area contributed by atoms with Crippen LogP contribution in [0.5, 0.6) is 0 Å². The zero-order valence-electron chi connectivity index (χ0n) is 25.3. The first-order chi connectivity index (χ1) is 19.6. The third kappa shape index (κ3) is 7.66. The van der Waals surface area contributed by atoms with Crippen LogP contribution in [0.3, 0.4) is 0 Å². The summed E-state index contributed by atoms with van der Waals surface area (Å²) in [6.45, 7) is 13.5. The summed E-state index contributed by atoms with van der Waals surface area (Å²) in [5.41, 5.74) is -0.240. The van der Waals surface area contributed by atoms with Crippen LogP contribution in [0.2, 0.25) is 0 Å². The van der Waals surface area contributed by atoms with Crippen molar-refractivity contribution in [3.63, 3.8) is 0 Å². The summed E-state index contributed by atoms with van der Waals surface area (Å²) in [6, 6.07) is -3.16. The van der Waals surface area contributed by atoms with Gasteiger partial charge in [-0.25, -0.2) is 13.6 Å². The number of hydrogen-bond acceptors (Lipinski definition) is 6. The van der Waals surface area contributed by atoms with E-state index in [0.29, 0.717) is 6.42 Å². The SMILES string of the molecule is C=CCNC(=O)C(=O)C(CCC)NC(=O)C1[C@H]2[C@@H](CN1C(=O)C(NC(=O)OCC(C)C)C1CCC(F)(F)CC1)C2(C)C. The molecule has 12 heteroatoms. The van der Waals surface area contributed by atoms with Crippen molar-refractivity contribution in [1.82, 2.24) is 20.9 Å². The van der Waals surface area contributed by atoms with Gasteiger partial charge in [-0.15, -0.1) is 6.58 Å². The van der Waals surface area contributed by atoms with Gasteiger partial charge in [0.25, 0.3) is 5.91 Å². The van der Waals surface area contributed by atoms with E-state index in [4.69, 9.17) is 4.74 Å². The van der Waals surface area contributed by atoms with E-state index in [1.54, 1.807) is 0 Å². The van der Waals surface area contributed by atoms with Gasteiger partial charge in [-0.1, -0.05) is 47.1 Å². The summed E-state index contributed by atoms with van der Waals surface area (Å²) < 4.78 is 33.2. The van der Waals surface area contributed by atoms with Gasteiger partial charge in [0, 0.05) is 25.9 Å². The Morgan fingerprint density at radius 1 is 1.10 bits per heavy atom. The third-order valence-corrected chi connectivity index (χ3v) is 8.92. The second kappa shape index (κ2) is 13.5. The molecule has 3 rings (SSSR count). The first kappa shape index (κ1) is 33.5. The van der Waals surface area contributed by atoms with E-state index in [1.807, 2.05) is 34.6 Å². The highest BCUT2D eigenvalue weighted by molar-refractivity contribution is 6.38. The van der Waals surface area contributed by atoms with Gasteiger partial charge in [0.05, 0.1) is 12.6 Å². The van der Waals surface area contributed by atoms with Gasteiger partial charge in [-0.3, -0.25) is 19.2 Å². The fourth-order valence-corrected chi connectivity index (χ4v) is 6.40. The Morgan fingerprint density at radius 2 is 1.74 bits per heavy atom. The molecule has 0 radical (unpaired) electrons. The highest BCUT2D eigenvalue weighted by Crippen LogP contribution is 2.65. The highest BCUT2D eigenvalue weighted by Gasteiger charge is 2.69. The van der Waals surface area contributed by atoms with Gasteiger partial charge < -0.3 is 25.6 Å². The lowest BCUT2D eigenvalue weighted by Gasteiger charge is -2.38. The Morgan fingerprint density at radius 3 is 2.31 bits per heavy atom. The number of rotatable bonds is 13. The minimum atomic E-state index is -2.83. The summed E-state index contributed by atoms with van der Waals surface area (Å²) >= 11 is 0. The molecule has 3 N–H and O–H groups in total. The van der Waals surface area contributed by atoms with Gasteiger partial charge in [-0.2, -0.15) is 0 Å². The minimum absolute atomic E-state index is 0.0117. The topological polar surface area (TPSA) is 134 Å². The van der Waals surface area contributed by atoms with Gasteiger partial charge >= 0.3 is 6.09 Å². The van der Waals surface area contributed by atoms with Crippen molar-refractivity contribution in [2.45, 2.75) is 97.2 Å². The summed E-state index contributed by atoms with van der Waals surface area (Å²) in [5.74, 6) is -6.23. The maximum absolute atomic E-state index is 14.1. The number of carbonyl (C=O) groups excluding carboxylic acids is 5. The van der Waals surface area contributed by atoms with Gasteiger partial charge in [-0.05, 0) is 48.3 Å². The Bertz CT molecular complexity index is 1050. The van der Waals surface area contributed by atoms with Crippen LogP contribution in [-0.2, 0) is 23.9 Å². The second-order valence-electron chi connectivity index (χ2n) is 12.9. The molecule has 2 aliphatic carbocycles. The van der Waals surface area contributed by atoms with Gasteiger partial charge in [0.1, 0.15) is 12.1 Å². The number of amides is 4. The van der Waals surface area contributed by atoms with E-state index in [9.17, 15) is 32.8 Å². The summed E-state index contributed by atoms with van der Waals surface area (Å²) in [7, 11) is 0. The molecule has 1 saturated heterocycles. The molecule has 10 nitrogen and oxygen atoms in total. The largest absolute Gasteiger partial charge is 0.449 e. The number of carbonyl (C=O) groups is 5. The van der Waals surface area contributed by atoms with Crippen molar-refractivity contribution in [2.75, 3.05) is 19.7 Å². The first-order valence-corrected chi connectivity index (χ1v) is 15.0. The van der Waals surface area contributed by atoms with Gasteiger partial charge in [0.15, 0.2) is 0 Å². The number of alkyl carbamates (subject to hydrolysis) is 1. The number of Topliss-reactive ketones (excluding diaryl/α,β-unsaturated/α-hetero) is 1. The van der Waals surface area contributed by atoms with Crippen molar-refractivity contribution in [3.05, 3.63) is 12.7 Å². The normalized spacial score (nSPS) is 25.5. The highest BCUT2D eigenvalue weighted by atomic mass is 19.3. The van der Waals surface area contributed by atoms with Crippen LogP contribution < -0.4 is 16.0 Å². The predicted octanol–water partition coefficient (Wildman–Crippen LogP) is 3.20. The van der Waals surface area contributed by atoms with Crippen molar-refractivity contribution in [3.8, 4) is 0 Å². The monoisotopic (exact) mass is 596 g/mol. The molecule has 0 aromatic rings. The molecule has 0 aromatic heterocycles. The van der Waals surface area contributed by atoms with Crippen molar-refractivity contribution in [2.24, 2.45) is 29.1 Å². The number of fused-ring (bicyclic) bond motifs is 1. The molecule has 42 heavy (non-hydrogen) atoms. The third-order valence-electron chi connectivity index (χ3n) is 8.92. The number of ether oxygens (including phenoxy) is 1. The minimum Gasteiger partial charge on any atom is -0.449 e. The van der Waals surface area contributed by atoms with Crippen molar-refractivity contribution < 1.29 is 37.5 Å². The van der Waals surface area contributed by atoms with Crippen LogP contribution in [0.1, 0.15) is 73.1 Å². The maximum Gasteiger partial charge on any atom is 0.407 e. The average Bonchev–Trinajstić information content (AvgIpc) is 3.24. The van der Waals surface area contributed by atoms with Crippen LogP contribution in [0, 0.1) is 29.1 Å². The van der Waals surface area contributed by atoms with Crippen LogP contribution >= 0.6 is 0 Å². The van der Waals surface area contributed by atoms with Crippen molar-refractivity contribution >= 4 is 29.6 Å². The van der Waals surface area contributed by atoms with Crippen molar-refractivity contribution in [1.29, 1.82) is 0 Å². The first-order valence-electron chi connectivity index (χ1n) is 15.0. The number of piperidine rings is 1. The Hall–Kier alpha value is -3.05. The molecule has 3 fully saturated rings. The average molecular weight is 597 g/mol. The molecule has 236 valence electrons. The zero-order chi connectivity index (χ0) is 31.4. The standard InChI is InChI=1S/C30H46F2N4O6/c1-7-9-20(24(37)26(39)33-14-8-2)34-25(38)23-21-19(29(21,5)6)15-36(23)27(40)22(35-28(41)42-16-17(3)4)18-10-12-30(31,32)13-11-18/h8,17-23H,2,7,9-16H2,1,3-6H3,(H,33,39)(H,34,38)(H,35,41)/t19-,20?,21-,22?,23?/m1/s1. The number of nitrogens with one attached hydrogen (secondary N) is 3. The lowest BCUT2D eigenvalue weighted by atomic mass is 9.81. The molecule has 0 bridgehead atoms. The maximum atomic E-state index is 14.1. The Kier molecular flexibility index (Phi) is 10.8. The molecule has 2 saturated carbocycles. The molecule has 0 spiro atoms. The molecule has 3 unspecified atom stereocenters. The molecule has 0 aromatic carbocycles. The lowest BCUT2D eigenvalue weighted by Crippen LogP contribution is -2.60. The van der Waals surface area contributed by atoms with Crippen LogP contribution in [0.4, 0.5) is 13.6 Å². The van der Waals surface area contributed by atoms with Crippen LogP contribution in [0.15, 0.2) is 12.7 Å². The van der Waals surface area contributed by atoms with Gasteiger partial charge in [0.2, 0.25) is 23.5 Å². The summed E-state index contributed by atoms with van der Waals surface area (Å²) in [6.07, 6.45) is 0.631. The molecule has 1 heterocycles. The quantitative estimate of drug-likeness (QED) is 0.221. The molecule has 4 amide bonds. The molecular formula is C30H46F2N4O6. The number of halogens is 2.